The van der Waals surface area contributed by atoms with Gasteiger partial charge in [0.1, 0.15) is 5.65 Å². The number of rotatable bonds is 7. The normalized spacial score (nSPS) is 13.9. The molecule has 1 atom stereocenters. The van der Waals surface area contributed by atoms with Crippen LogP contribution in [-0.4, -0.2) is 24.2 Å². The first-order valence-electron chi connectivity index (χ1n) is 13.1. The Kier molecular flexibility index (Phi) is 6.62. The maximum atomic E-state index is 13.2. The Morgan fingerprint density at radius 1 is 0.974 bits per heavy atom. The third-order valence-electron chi connectivity index (χ3n) is 7.31. The van der Waals surface area contributed by atoms with Gasteiger partial charge in [-0.05, 0) is 79.6 Å². The lowest BCUT2D eigenvalue weighted by atomic mass is 10.0. The van der Waals surface area contributed by atoms with Gasteiger partial charge in [-0.1, -0.05) is 60.7 Å². The highest BCUT2D eigenvalue weighted by Crippen LogP contribution is 2.43. The van der Waals surface area contributed by atoms with Gasteiger partial charge >= 0.3 is 0 Å². The van der Waals surface area contributed by atoms with E-state index in [4.69, 9.17) is 4.98 Å². The Bertz CT molecular complexity index is 1710. The smallest absolute Gasteiger partial charge is 0.269 e. The Hall–Kier alpha value is -4.07. The number of hydrogen-bond donors (Lipinski definition) is 0. The fraction of sp³-hybridized carbons (Fsp3) is 0.188. The first-order chi connectivity index (χ1) is 18.9. The van der Waals surface area contributed by atoms with Crippen molar-refractivity contribution in [3.63, 3.8) is 0 Å². The molecule has 1 saturated carbocycles. The van der Waals surface area contributed by atoms with E-state index in [9.17, 15) is 13.6 Å². The van der Waals surface area contributed by atoms with Gasteiger partial charge in [-0.15, -0.1) is 0 Å². The van der Waals surface area contributed by atoms with Gasteiger partial charge in [0.15, 0.2) is 0 Å². The first kappa shape index (κ1) is 25.2. The number of fused-ring (bicyclic) bond motifs is 1. The molecule has 0 N–H and O–H groups in total. The molecule has 1 fully saturated rings. The number of nitrogens with zero attached hydrogens (tertiary/aromatic N) is 3. The summed E-state index contributed by atoms with van der Waals surface area (Å²) in [7, 11) is 0. The molecule has 6 rings (SSSR count). The molecule has 3 aromatic carbocycles. The number of benzene rings is 3. The van der Waals surface area contributed by atoms with Gasteiger partial charge in [-0.2, -0.15) is 0 Å². The second-order valence-electron chi connectivity index (χ2n) is 10.1. The van der Waals surface area contributed by atoms with Crippen LogP contribution in [-0.2, 0) is 17.8 Å². The zero-order chi connectivity index (χ0) is 27.1. The summed E-state index contributed by atoms with van der Waals surface area (Å²) in [6.07, 6.45) is 2.42. The van der Waals surface area contributed by atoms with Crippen LogP contribution < -0.4 is 4.31 Å². The lowest BCUT2D eigenvalue weighted by Gasteiger charge is -2.26. The van der Waals surface area contributed by atoms with Crippen LogP contribution in [0.1, 0.15) is 51.6 Å². The van der Waals surface area contributed by atoms with Crippen molar-refractivity contribution in [3.8, 4) is 11.1 Å². The zero-order valence-corrected chi connectivity index (χ0v) is 22.7. The summed E-state index contributed by atoms with van der Waals surface area (Å²) in [4.78, 5) is 18.1. The molecule has 6 nitrogen and oxygen atoms in total. The minimum atomic E-state index is -2.79. The van der Waals surface area contributed by atoms with Crippen LogP contribution in [0.25, 0.3) is 22.2 Å². The average Bonchev–Trinajstić information content (AvgIpc) is 3.72. The zero-order valence-electron chi connectivity index (χ0n) is 21.8. The molecule has 196 valence electrons. The molecule has 0 aliphatic heterocycles. The molecule has 7 heteroatoms. The van der Waals surface area contributed by atoms with Crippen LogP contribution in [0.4, 0.5) is 5.69 Å². The van der Waals surface area contributed by atoms with Gasteiger partial charge in [-0.3, -0.25) is 9.00 Å². The Labute approximate surface area is 230 Å². The SMILES string of the molecule is Cc1cc(C)c2cc(C3CC3)n(Cc3ccc(-c4ccccc4N(C(=O)c4ccccc4)S(=O)[O-])cc3)c2n1. The van der Waals surface area contributed by atoms with Crippen LogP contribution >= 0.6 is 0 Å². The van der Waals surface area contributed by atoms with Crippen molar-refractivity contribution in [2.45, 2.75) is 39.2 Å². The molecule has 1 amide bonds. The van der Waals surface area contributed by atoms with E-state index >= 15 is 0 Å². The van der Waals surface area contributed by atoms with Crippen LogP contribution in [0, 0.1) is 13.8 Å². The standard InChI is InChI=1S/C32H29N3O3S/c1-21-18-22(2)33-31-28(21)19-30(25-16-17-25)34(31)20-23-12-14-24(15-13-23)27-10-6-7-11-29(27)35(39(37)38)32(36)26-8-4-3-5-9-26/h3-15,18-19,25H,16-17,20H2,1-2H3,(H,37,38)/p-1. The van der Waals surface area contributed by atoms with Gasteiger partial charge in [0.05, 0.1) is 17.0 Å². The van der Waals surface area contributed by atoms with Crippen molar-refractivity contribution in [3.05, 3.63) is 119 Å². The molecule has 2 aromatic heterocycles. The fourth-order valence-corrected chi connectivity index (χ4v) is 5.83. The van der Waals surface area contributed by atoms with Crippen molar-refractivity contribution in [1.29, 1.82) is 0 Å². The fourth-order valence-electron chi connectivity index (χ4n) is 5.27. The van der Waals surface area contributed by atoms with Gasteiger partial charge in [0, 0.05) is 34.4 Å². The third-order valence-corrected chi connectivity index (χ3v) is 7.97. The Balaban J connectivity index is 1.34. The first-order valence-corrected chi connectivity index (χ1v) is 14.1. The van der Waals surface area contributed by atoms with E-state index in [2.05, 4.69) is 35.8 Å². The number of anilines is 1. The Morgan fingerprint density at radius 3 is 2.36 bits per heavy atom. The Morgan fingerprint density at radius 2 is 1.67 bits per heavy atom. The monoisotopic (exact) mass is 534 g/mol. The van der Waals surface area contributed by atoms with E-state index in [-0.39, 0.29) is 0 Å². The number of carbonyl (C=O) groups is 1. The van der Waals surface area contributed by atoms with Crippen LogP contribution in [0.15, 0.2) is 91.0 Å². The summed E-state index contributed by atoms with van der Waals surface area (Å²) in [5, 5.41) is 1.21. The van der Waals surface area contributed by atoms with Crippen LogP contribution in [0.5, 0.6) is 0 Å². The highest BCUT2D eigenvalue weighted by molar-refractivity contribution is 7.81. The minimum absolute atomic E-state index is 0.302. The number of aryl methyl sites for hydroxylation is 2. The summed E-state index contributed by atoms with van der Waals surface area (Å²) in [6.45, 7) is 4.88. The lowest BCUT2D eigenvalue weighted by Crippen LogP contribution is -2.33. The van der Waals surface area contributed by atoms with Crippen molar-refractivity contribution in [1.82, 2.24) is 9.55 Å². The van der Waals surface area contributed by atoms with Crippen molar-refractivity contribution in [2.24, 2.45) is 0 Å². The number of para-hydroxylation sites is 1. The van der Waals surface area contributed by atoms with E-state index in [0.717, 1.165) is 26.8 Å². The molecule has 1 aliphatic carbocycles. The third kappa shape index (κ3) is 4.91. The number of hydrogen-bond acceptors (Lipinski definition) is 4. The second-order valence-corrected chi connectivity index (χ2v) is 10.9. The van der Waals surface area contributed by atoms with Crippen molar-refractivity contribution < 1.29 is 13.6 Å². The minimum Gasteiger partial charge on any atom is -0.755 e. The van der Waals surface area contributed by atoms with E-state index in [0.29, 0.717) is 29.3 Å². The van der Waals surface area contributed by atoms with Crippen molar-refractivity contribution >= 4 is 33.9 Å². The van der Waals surface area contributed by atoms with E-state index in [1.54, 1.807) is 42.5 Å². The van der Waals surface area contributed by atoms with Gasteiger partial charge in [0.2, 0.25) is 0 Å². The number of pyridine rings is 1. The average molecular weight is 535 g/mol. The van der Waals surface area contributed by atoms with E-state index in [1.165, 1.54) is 29.5 Å². The summed E-state index contributed by atoms with van der Waals surface area (Å²) in [6, 6.07) is 28.0. The molecule has 0 saturated heterocycles. The molecular formula is C32H28N3O3S-. The van der Waals surface area contributed by atoms with Crippen LogP contribution in [0.2, 0.25) is 0 Å². The molecule has 0 spiro atoms. The largest absolute Gasteiger partial charge is 0.755 e. The molecular weight excluding hydrogens is 506 g/mol. The number of carbonyl (C=O) groups excluding carboxylic acids is 1. The van der Waals surface area contributed by atoms with Gasteiger partial charge in [0.25, 0.3) is 5.91 Å². The molecule has 1 aliphatic rings. The number of amides is 1. The molecule has 39 heavy (non-hydrogen) atoms. The molecule has 5 aromatic rings. The summed E-state index contributed by atoms with van der Waals surface area (Å²) >= 11 is -2.79. The predicted octanol–water partition coefficient (Wildman–Crippen LogP) is 6.69. The highest BCUT2D eigenvalue weighted by atomic mass is 32.2. The summed E-state index contributed by atoms with van der Waals surface area (Å²) < 4.78 is 27.7. The molecule has 0 radical (unpaired) electrons. The second kappa shape index (κ2) is 10.2. The van der Waals surface area contributed by atoms with Gasteiger partial charge in [-0.25, -0.2) is 9.29 Å². The van der Waals surface area contributed by atoms with E-state index in [1.807, 2.05) is 31.2 Å². The highest BCUT2D eigenvalue weighted by Gasteiger charge is 2.29. The lowest BCUT2D eigenvalue weighted by molar-refractivity contribution is 0.100. The quantitative estimate of drug-likeness (QED) is 0.218. The predicted molar refractivity (Wildman–Crippen MR) is 154 cm³/mol. The van der Waals surface area contributed by atoms with Crippen molar-refractivity contribution in [2.75, 3.05) is 4.31 Å². The van der Waals surface area contributed by atoms with Gasteiger partial charge < -0.3 is 9.12 Å². The number of aromatic nitrogens is 2. The van der Waals surface area contributed by atoms with E-state index < -0.39 is 17.2 Å². The molecule has 1 unspecified atom stereocenters. The molecule has 2 heterocycles. The summed E-state index contributed by atoms with van der Waals surface area (Å²) in [5.74, 6) is -0.00988. The maximum absolute atomic E-state index is 13.2. The topological polar surface area (TPSA) is 78.3 Å². The van der Waals surface area contributed by atoms with Crippen LogP contribution in [0.3, 0.4) is 0 Å². The summed E-state index contributed by atoms with van der Waals surface area (Å²) in [5.41, 5.74) is 7.86. The maximum Gasteiger partial charge on any atom is 0.269 e. The molecule has 0 bridgehead atoms.